The second kappa shape index (κ2) is 8.20. The number of aromatic nitrogens is 3. The third kappa shape index (κ3) is 3.04. The van der Waals surface area contributed by atoms with E-state index in [2.05, 4.69) is 101 Å². The molecule has 0 bridgehead atoms. The number of ketones is 1. The molecule has 0 saturated carbocycles. The SMILES string of the molecule is CC1(C)c2ccccc2-c2ccc3c4ccccc4n(-c4ccc(C(=O)c5cccc6nccnc56)cc4)c3c21. The summed E-state index contributed by atoms with van der Waals surface area (Å²) in [7, 11) is 0. The maximum Gasteiger partial charge on any atom is 0.195 e. The molecule has 1 aliphatic carbocycles. The van der Waals surface area contributed by atoms with Crippen molar-refractivity contribution in [1.29, 1.82) is 0 Å². The van der Waals surface area contributed by atoms with Crippen LogP contribution in [-0.2, 0) is 5.41 Å². The van der Waals surface area contributed by atoms with Crippen LogP contribution in [0.1, 0.15) is 40.9 Å². The van der Waals surface area contributed by atoms with Crippen LogP contribution in [0.3, 0.4) is 0 Å². The summed E-state index contributed by atoms with van der Waals surface area (Å²) in [5, 5.41) is 2.46. The highest BCUT2D eigenvalue weighted by Gasteiger charge is 2.38. The first kappa shape index (κ1) is 22.9. The smallest absolute Gasteiger partial charge is 0.195 e. The Bertz CT molecular complexity index is 2150. The van der Waals surface area contributed by atoms with Crippen molar-refractivity contribution < 1.29 is 4.79 Å². The lowest BCUT2D eigenvalue weighted by atomic mass is 9.81. The second-order valence-electron chi connectivity index (χ2n) is 11.0. The summed E-state index contributed by atoms with van der Waals surface area (Å²) < 4.78 is 2.37. The van der Waals surface area contributed by atoms with Crippen molar-refractivity contribution in [3.8, 4) is 16.8 Å². The van der Waals surface area contributed by atoms with Crippen LogP contribution in [-0.4, -0.2) is 20.3 Å². The Labute approximate surface area is 231 Å². The highest BCUT2D eigenvalue weighted by atomic mass is 16.1. The average molecular weight is 516 g/mol. The van der Waals surface area contributed by atoms with Gasteiger partial charge in [-0.25, -0.2) is 0 Å². The molecular weight excluding hydrogens is 490 g/mol. The van der Waals surface area contributed by atoms with Crippen LogP contribution < -0.4 is 0 Å². The van der Waals surface area contributed by atoms with Crippen molar-refractivity contribution in [2.24, 2.45) is 0 Å². The Morgan fingerprint density at radius 1 is 0.700 bits per heavy atom. The Kier molecular flexibility index (Phi) is 4.69. The van der Waals surface area contributed by atoms with Gasteiger partial charge in [0, 0.05) is 39.8 Å². The fourth-order valence-corrected chi connectivity index (χ4v) is 6.67. The molecule has 2 heterocycles. The maximum atomic E-state index is 13.6. The van der Waals surface area contributed by atoms with E-state index in [1.165, 1.54) is 38.5 Å². The minimum absolute atomic E-state index is 0.0580. The van der Waals surface area contributed by atoms with Gasteiger partial charge in [-0.1, -0.05) is 74.5 Å². The lowest BCUT2D eigenvalue weighted by Crippen LogP contribution is -2.16. The molecule has 5 aromatic carbocycles. The second-order valence-corrected chi connectivity index (χ2v) is 11.0. The summed E-state index contributed by atoms with van der Waals surface area (Å²) in [4.78, 5) is 22.4. The van der Waals surface area contributed by atoms with Gasteiger partial charge in [-0.3, -0.25) is 14.8 Å². The quantitative estimate of drug-likeness (QED) is 0.223. The Balaban J connectivity index is 1.34. The van der Waals surface area contributed by atoms with Crippen molar-refractivity contribution in [1.82, 2.24) is 14.5 Å². The summed E-state index contributed by atoms with van der Waals surface area (Å²) >= 11 is 0. The van der Waals surface area contributed by atoms with E-state index in [9.17, 15) is 4.79 Å². The van der Waals surface area contributed by atoms with Gasteiger partial charge in [-0.2, -0.15) is 0 Å². The molecule has 0 spiro atoms. The summed E-state index contributed by atoms with van der Waals surface area (Å²) in [6.45, 7) is 4.65. The van der Waals surface area contributed by atoms with Crippen LogP contribution in [0.4, 0.5) is 0 Å². The van der Waals surface area contributed by atoms with E-state index in [4.69, 9.17) is 0 Å². The zero-order chi connectivity index (χ0) is 27.0. The van der Waals surface area contributed by atoms with Gasteiger partial charge in [0.25, 0.3) is 0 Å². The lowest BCUT2D eigenvalue weighted by molar-refractivity contribution is 0.104. The molecule has 0 amide bonds. The first-order valence-electron chi connectivity index (χ1n) is 13.6. The summed E-state index contributed by atoms with van der Waals surface area (Å²) in [5.74, 6) is -0.0580. The van der Waals surface area contributed by atoms with Crippen LogP contribution in [0, 0.1) is 0 Å². The van der Waals surface area contributed by atoms with E-state index in [1.807, 2.05) is 30.3 Å². The highest BCUT2D eigenvalue weighted by Crippen LogP contribution is 2.52. The van der Waals surface area contributed by atoms with Crippen LogP contribution in [0.25, 0.3) is 49.7 Å². The Hall–Kier alpha value is -5.09. The number of nitrogens with zero attached hydrogens (tertiary/aromatic N) is 3. The van der Waals surface area contributed by atoms with E-state index in [1.54, 1.807) is 12.4 Å². The third-order valence-corrected chi connectivity index (χ3v) is 8.48. The lowest BCUT2D eigenvalue weighted by Gasteiger charge is -2.23. The molecule has 4 heteroatoms. The number of benzene rings is 5. The zero-order valence-corrected chi connectivity index (χ0v) is 22.2. The van der Waals surface area contributed by atoms with Crippen molar-refractivity contribution in [3.63, 3.8) is 0 Å². The molecule has 0 saturated heterocycles. The molecule has 0 unspecified atom stereocenters. The number of fused-ring (bicyclic) bond motifs is 8. The molecule has 8 rings (SSSR count). The monoisotopic (exact) mass is 515 g/mol. The third-order valence-electron chi connectivity index (χ3n) is 8.48. The first-order valence-corrected chi connectivity index (χ1v) is 13.6. The molecule has 0 radical (unpaired) electrons. The predicted molar refractivity (Wildman–Crippen MR) is 161 cm³/mol. The largest absolute Gasteiger partial charge is 0.309 e. The van der Waals surface area contributed by atoms with Crippen molar-refractivity contribution in [3.05, 3.63) is 138 Å². The van der Waals surface area contributed by atoms with E-state index in [0.29, 0.717) is 22.2 Å². The predicted octanol–water partition coefficient (Wildman–Crippen LogP) is 8.26. The molecule has 0 fully saturated rings. The number of hydrogen-bond donors (Lipinski definition) is 0. The molecule has 0 atom stereocenters. The van der Waals surface area contributed by atoms with Gasteiger partial charge in [0.1, 0.15) is 0 Å². The molecule has 40 heavy (non-hydrogen) atoms. The van der Waals surface area contributed by atoms with Crippen LogP contribution in [0.15, 0.2) is 116 Å². The zero-order valence-electron chi connectivity index (χ0n) is 22.2. The molecule has 0 N–H and O–H groups in total. The topological polar surface area (TPSA) is 47.8 Å². The highest BCUT2D eigenvalue weighted by molar-refractivity contribution is 6.16. The number of rotatable bonds is 3. The van der Waals surface area contributed by atoms with Gasteiger partial charge in [0.2, 0.25) is 0 Å². The fourth-order valence-electron chi connectivity index (χ4n) is 6.67. The van der Waals surface area contributed by atoms with Gasteiger partial charge < -0.3 is 4.57 Å². The standard InChI is InChI=1S/C36H25N3O/c1-36(2)29-11-5-3-8-24(29)26-18-19-27-25-9-4-6-13-31(25)39(34(27)32(26)36)23-16-14-22(15-17-23)35(40)28-10-7-12-30-33(28)38-21-20-37-30/h3-21H,1-2H3. The van der Waals surface area contributed by atoms with Crippen LogP contribution in [0.2, 0.25) is 0 Å². The van der Waals surface area contributed by atoms with Gasteiger partial charge in [-0.15, -0.1) is 0 Å². The van der Waals surface area contributed by atoms with E-state index >= 15 is 0 Å². The van der Waals surface area contributed by atoms with Gasteiger partial charge >= 0.3 is 0 Å². The molecular formula is C36H25N3O. The Morgan fingerprint density at radius 3 is 2.35 bits per heavy atom. The Morgan fingerprint density at radius 2 is 1.48 bits per heavy atom. The van der Waals surface area contributed by atoms with E-state index in [0.717, 1.165) is 11.2 Å². The van der Waals surface area contributed by atoms with Crippen LogP contribution >= 0.6 is 0 Å². The number of para-hydroxylation sites is 2. The number of carbonyl (C=O) groups is 1. The molecule has 4 nitrogen and oxygen atoms in total. The van der Waals surface area contributed by atoms with Crippen molar-refractivity contribution in [2.45, 2.75) is 19.3 Å². The number of carbonyl (C=O) groups excluding carboxylic acids is 1. The molecule has 0 aliphatic heterocycles. The van der Waals surface area contributed by atoms with E-state index < -0.39 is 0 Å². The summed E-state index contributed by atoms with van der Waals surface area (Å²) in [6.07, 6.45) is 3.27. The van der Waals surface area contributed by atoms with Crippen molar-refractivity contribution in [2.75, 3.05) is 0 Å². The van der Waals surface area contributed by atoms with Gasteiger partial charge in [0.05, 0.1) is 27.6 Å². The molecule has 1 aliphatic rings. The average Bonchev–Trinajstić information content (AvgIpc) is 3.45. The van der Waals surface area contributed by atoms with E-state index in [-0.39, 0.29) is 11.2 Å². The van der Waals surface area contributed by atoms with Gasteiger partial charge in [-0.05, 0) is 64.7 Å². The maximum absolute atomic E-state index is 13.6. The summed E-state index contributed by atoms with van der Waals surface area (Å²) in [6, 6.07) is 35.4. The number of hydrogen-bond acceptors (Lipinski definition) is 3. The molecule has 190 valence electrons. The summed E-state index contributed by atoms with van der Waals surface area (Å²) in [5.41, 5.74) is 11.1. The van der Waals surface area contributed by atoms with Crippen LogP contribution in [0.5, 0.6) is 0 Å². The molecule has 7 aromatic rings. The normalized spacial score (nSPS) is 13.6. The minimum Gasteiger partial charge on any atom is -0.309 e. The van der Waals surface area contributed by atoms with Gasteiger partial charge in [0.15, 0.2) is 5.78 Å². The first-order chi connectivity index (χ1) is 19.5. The molecule has 2 aromatic heterocycles. The fraction of sp³-hybridized carbons (Fsp3) is 0.0833. The van der Waals surface area contributed by atoms with Crippen molar-refractivity contribution >= 4 is 38.6 Å². The minimum atomic E-state index is -0.150.